The average Bonchev–Trinajstić information content (AvgIpc) is 2.27. The van der Waals surface area contributed by atoms with Crippen molar-refractivity contribution in [2.24, 2.45) is 0 Å². The number of para-hydroxylation sites is 1. The van der Waals surface area contributed by atoms with Gasteiger partial charge in [-0.2, -0.15) is 0 Å². The molecule has 0 unspecified atom stereocenters. The summed E-state index contributed by atoms with van der Waals surface area (Å²) >= 11 is 0. The zero-order chi connectivity index (χ0) is 10.9. The number of likely N-dealkylation sites (N-methyl/N-ethyl adjacent to an activating group) is 1. The Morgan fingerprint density at radius 1 is 1.38 bits per heavy atom. The van der Waals surface area contributed by atoms with E-state index in [1.54, 1.807) is 0 Å². The summed E-state index contributed by atoms with van der Waals surface area (Å²) in [5, 5.41) is 3.22. The highest BCUT2D eigenvalue weighted by Gasteiger charge is 1.99. The van der Waals surface area contributed by atoms with E-state index in [2.05, 4.69) is 24.9 Å². The second-order valence-corrected chi connectivity index (χ2v) is 3.30. The minimum Gasteiger partial charge on any atom is -0.492 e. The van der Waals surface area contributed by atoms with Gasteiger partial charge in [0, 0.05) is 6.54 Å². The summed E-state index contributed by atoms with van der Waals surface area (Å²) in [7, 11) is 0. The number of halogens is 1. The highest BCUT2D eigenvalue weighted by molar-refractivity contribution is 5.85. The van der Waals surface area contributed by atoms with Gasteiger partial charge in [-0.15, -0.1) is 19.0 Å². The first kappa shape index (κ1) is 15.0. The summed E-state index contributed by atoms with van der Waals surface area (Å²) in [6.07, 6.45) is 2.75. The van der Waals surface area contributed by atoms with Crippen LogP contribution in [0.2, 0.25) is 0 Å². The lowest BCUT2D eigenvalue weighted by molar-refractivity contribution is 0.313. The van der Waals surface area contributed by atoms with E-state index in [4.69, 9.17) is 4.74 Å². The van der Waals surface area contributed by atoms with Gasteiger partial charge >= 0.3 is 0 Å². The lowest BCUT2D eigenvalue weighted by Crippen LogP contribution is -2.20. The molecule has 0 radical (unpaired) electrons. The quantitative estimate of drug-likeness (QED) is 0.586. The number of ether oxygens (including phenoxy) is 1. The van der Waals surface area contributed by atoms with Crippen LogP contribution in [-0.4, -0.2) is 19.7 Å². The molecule has 1 rings (SSSR count). The van der Waals surface area contributed by atoms with Crippen molar-refractivity contribution < 1.29 is 4.74 Å². The number of hydrogen-bond donors (Lipinski definition) is 1. The van der Waals surface area contributed by atoms with E-state index >= 15 is 0 Å². The summed E-state index contributed by atoms with van der Waals surface area (Å²) in [5.74, 6) is 0.968. The Morgan fingerprint density at radius 3 is 2.81 bits per heavy atom. The van der Waals surface area contributed by atoms with Gasteiger partial charge in [0.15, 0.2) is 0 Å². The Hall–Kier alpha value is -0.990. The van der Waals surface area contributed by atoms with E-state index in [1.807, 2.05) is 24.3 Å². The van der Waals surface area contributed by atoms with Crippen LogP contribution >= 0.6 is 12.4 Å². The molecule has 0 aliphatic rings. The lowest BCUT2D eigenvalue weighted by atomic mass is 10.1. The number of hydrogen-bond acceptors (Lipinski definition) is 2. The largest absolute Gasteiger partial charge is 0.492 e. The van der Waals surface area contributed by atoms with Crippen LogP contribution in [-0.2, 0) is 6.42 Å². The predicted molar refractivity (Wildman–Crippen MR) is 71.6 cm³/mol. The maximum atomic E-state index is 5.68. The van der Waals surface area contributed by atoms with Gasteiger partial charge in [-0.05, 0) is 24.6 Å². The fourth-order valence-corrected chi connectivity index (χ4v) is 1.38. The third-order valence-electron chi connectivity index (χ3n) is 2.12. The van der Waals surface area contributed by atoms with Gasteiger partial charge in [-0.25, -0.2) is 0 Å². The van der Waals surface area contributed by atoms with Gasteiger partial charge in [0.1, 0.15) is 12.4 Å². The van der Waals surface area contributed by atoms with Gasteiger partial charge in [0.25, 0.3) is 0 Å². The molecule has 0 aliphatic heterocycles. The minimum absolute atomic E-state index is 0. The van der Waals surface area contributed by atoms with E-state index in [0.29, 0.717) is 6.61 Å². The maximum absolute atomic E-state index is 5.68. The normalized spacial score (nSPS) is 9.31. The van der Waals surface area contributed by atoms with Crippen molar-refractivity contribution in [3.63, 3.8) is 0 Å². The molecule has 0 bridgehead atoms. The van der Waals surface area contributed by atoms with Crippen LogP contribution in [0.4, 0.5) is 0 Å². The lowest BCUT2D eigenvalue weighted by Gasteiger charge is -2.10. The summed E-state index contributed by atoms with van der Waals surface area (Å²) in [4.78, 5) is 0. The molecule has 0 saturated heterocycles. The third kappa shape index (κ3) is 5.19. The van der Waals surface area contributed by atoms with Crippen LogP contribution in [0.25, 0.3) is 0 Å². The smallest absolute Gasteiger partial charge is 0.122 e. The number of rotatable bonds is 7. The summed E-state index contributed by atoms with van der Waals surface area (Å²) in [6, 6.07) is 8.10. The number of benzene rings is 1. The molecular weight excluding hydrogens is 222 g/mol. The highest BCUT2D eigenvalue weighted by atomic mass is 35.5. The van der Waals surface area contributed by atoms with Gasteiger partial charge in [-0.1, -0.05) is 31.2 Å². The number of allylic oxidation sites excluding steroid dienone is 1. The zero-order valence-electron chi connectivity index (χ0n) is 9.74. The second kappa shape index (κ2) is 9.25. The molecule has 16 heavy (non-hydrogen) atoms. The molecule has 0 spiro atoms. The molecule has 0 aliphatic carbocycles. The van der Waals surface area contributed by atoms with Crippen molar-refractivity contribution in [2.45, 2.75) is 13.3 Å². The molecule has 0 aromatic heterocycles. The molecule has 1 N–H and O–H groups in total. The zero-order valence-corrected chi connectivity index (χ0v) is 10.6. The first-order valence-electron chi connectivity index (χ1n) is 5.40. The molecule has 2 nitrogen and oxygen atoms in total. The summed E-state index contributed by atoms with van der Waals surface area (Å²) in [5.41, 5.74) is 1.20. The van der Waals surface area contributed by atoms with Crippen molar-refractivity contribution in [3.8, 4) is 5.75 Å². The highest BCUT2D eigenvalue weighted by Crippen LogP contribution is 2.18. The van der Waals surface area contributed by atoms with Crippen LogP contribution in [0.3, 0.4) is 0 Å². The molecule has 0 fully saturated rings. The van der Waals surface area contributed by atoms with Crippen LogP contribution in [0.15, 0.2) is 36.9 Å². The third-order valence-corrected chi connectivity index (χ3v) is 2.12. The summed E-state index contributed by atoms with van der Waals surface area (Å²) in [6.45, 7) is 8.41. The molecule has 0 atom stereocenters. The molecule has 90 valence electrons. The van der Waals surface area contributed by atoms with Crippen LogP contribution in [0.5, 0.6) is 5.75 Å². The monoisotopic (exact) mass is 241 g/mol. The second-order valence-electron chi connectivity index (χ2n) is 3.30. The Labute approximate surface area is 104 Å². The van der Waals surface area contributed by atoms with Crippen molar-refractivity contribution in [1.82, 2.24) is 5.32 Å². The fraction of sp³-hybridized carbons (Fsp3) is 0.385. The van der Waals surface area contributed by atoms with Gasteiger partial charge in [-0.3, -0.25) is 0 Å². The van der Waals surface area contributed by atoms with Crippen LogP contribution in [0, 0.1) is 0 Å². The van der Waals surface area contributed by atoms with Crippen molar-refractivity contribution >= 4 is 12.4 Å². The Morgan fingerprint density at radius 2 is 2.12 bits per heavy atom. The van der Waals surface area contributed by atoms with E-state index in [1.165, 1.54) is 5.56 Å². The van der Waals surface area contributed by atoms with Crippen LogP contribution < -0.4 is 10.1 Å². The van der Waals surface area contributed by atoms with Gasteiger partial charge in [0.2, 0.25) is 0 Å². The average molecular weight is 242 g/mol. The SMILES string of the molecule is C=CCc1ccccc1OCCNCC.Cl. The summed E-state index contributed by atoms with van der Waals surface area (Å²) < 4.78 is 5.68. The number of nitrogens with one attached hydrogen (secondary N) is 1. The Balaban J connectivity index is 0.00000225. The van der Waals surface area contributed by atoms with Crippen molar-refractivity contribution in [1.29, 1.82) is 0 Å². The molecule has 0 heterocycles. The van der Waals surface area contributed by atoms with E-state index in [0.717, 1.165) is 25.3 Å². The Kier molecular flexibility index (Phi) is 8.68. The van der Waals surface area contributed by atoms with Crippen LogP contribution in [0.1, 0.15) is 12.5 Å². The molecule has 0 saturated carbocycles. The standard InChI is InChI=1S/C13H19NO.ClH/c1-3-7-12-8-5-6-9-13(12)15-11-10-14-4-2;/h3,5-6,8-9,14H,1,4,7,10-11H2,2H3;1H. The topological polar surface area (TPSA) is 21.3 Å². The molecule has 1 aromatic rings. The fourth-order valence-electron chi connectivity index (χ4n) is 1.38. The first-order valence-corrected chi connectivity index (χ1v) is 5.40. The molecule has 1 aromatic carbocycles. The maximum Gasteiger partial charge on any atom is 0.122 e. The predicted octanol–water partition coefficient (Wildman–Crippen LogP) is 2.83. The minimum atomic E-state index is 0. The van der Waals surface area contributed by atoms with Gasteiger partial charge < -0.3 is 10.1 Å². The van der Waals surface area contributed by atoms with Gasteiger partial charge in [0.05, 0.1) is 0 Å². The van der Waals surface area contributed by atoms with E-state index in [9.17, 15) is 0 Å². The van der Waals surface area contributed by atoms with Crippen molar-refractivity contribution in [2.75, 3.05) is 19.7 Å². The van der Waals surface area contributed by atoms with Crippen molar-refractivity contribution in [3.05, 3.63) is 42.5 Å². The molecule has 0 amide bonds. The van der Waals surface area contributed by atoms with E-state index in [-0.39, 0.29) is 12.4 Å². The Bertz CT molecular complexity index is 302. The molecule has 3 heteroatoms. The molecular formula is C13H20ClNO. The first-order chi connectivity index (χ1) is 7.38. The van der Waals surface area contributed by atoms with E-state index < -0.39 is 0 Å².